The van der Waals surface area contributed by atoms with Crippen LogP contribution in [0.15, 0.2) is 18.2 Å². The Labute approximate surface area is 114 Å². The molecular formula is C15H20ClNO. The first kappa shape index (κ1) is 13.6. The maximum absolute atomic E-state index is 11.2. The van der Waals surface area contributed by atoms with Crippen LogP contribution in [0, 0.1) is 6.92 Å². The molecule has 1 fully saturated rings. The van der Waals surface area contributed by atoms with E-state index in [-0.39, 0.29) is 0 Å². The van der Waals surface area contributed by atoms with Gasteiger partial charge in [0.05, 0.1) is 0 Å². The molecule has 0 unspecified atom stereocenters. The molecule has 0 amide bonds. The summed E-state index contributed by atoms with van der Waals surface area (Å²) in [7, 11) is 2.12. The molecule has 0 bridgehead atoms. The molecule has 0 aromatic heterocycles. The van der Waals surface area contributed by atoms with E-state index in [0.29, 0.717) is 11.8 Å². The van der Waals surface area contributed by atoms with Gasteiger partial charge in [0.25, 0.3) is 0 Å². The zero-order valence-electron chi connectivity index (χ0n) is 11.1. The lowest BCUT2D eigenvalue weighted by Gasteiger charge is -2.31. The van der Waals surface area contributed by atoms with Gasteiger partial charge in [-0.1, -0.05) is 23.7 Å². The van der Waals surface area contributed by atoms with Crippen LogP contribution < -0.4 is 0 Å². The molecule has 18 heavy (non-hydrogen) atoms. The third kappa shape index (κ3) is 3.33. The van der Waals surface area contributed by atoms with Crippen molar-refractivity contribution in [1.82, 2.24) is 4.90 Å². The summed E-state index contributed by atoms with van der Waals surface area (Å²) in [6, 6.07) is 6.72. The van der Waals surface area contributed by atoms with E-state index < -0.39 is 0 Å². The average molecular weight is 266 g/mol. The lowest BCUT2D eigenvalue weighted by Crippen LogP contribution is -2.34. The summed E-state index contributed by atoms with van der Waals surface area (Å²) in [6.07, 6.45) is 3.44. The predicted octanol–water partition coefficient (Wildman–Crippen LogP) is 3.59. The van der Waals surface area contributed by atoms with Crippen molar-refractivity contribution in [2.24, 2.45) is 0 Å². The number of benzene rings is 1. The summed E-state index contributed by atoms with van der Waals surface area (Å²) >= 11 is 6.25. The lowest BCUT2D eigenvalue weighted by molar-refractivity contribution is -0.121. The number of carbonyl (C=O) groups excluding carboxylic acids is 1. The van der Waals surface area contributed by atoms with Crippen molar-refractivity contribution >= 4 is 17.4 Å². The lowest BCUT2D eigenvalue weighted by atomic mass is 9.93. The smallest absolute Gasteiger partial charge is 0.133 e. The van der Waals surface area contributed by atoms with Crippen molar-refractivity contribution < 1.29 is 4.79 Å². The van der Waals surface area contributed by atoms with Crippen LogP contribution in [0.25, 0.3) is 0 Å². The van der Waals surface area contributed by atoms with Gasteiger partial charge in [0.15, 0.2) is 0 Å². The first-order chi connectivity index (χ1) is 8.56. The van der Waals surface area contributed by atoms with Crippen LogP contribution in [0.2, 0.25) is 5.02 Å². The van der Waals surface area contributed by atoms with Gasteiger partial charge < -0.3 is 0 Å². The molecular weight excluding hydrogens is 246 g/mol. The molecule has 2 nitrogen and oxygen atoms in total. The van der Waals surface area contributed by atoms with E-state index in [0.717, 1.165) is 37.3 Å². The van der Waals surface area contributed by atoms with Gasteiger partial charge in [0.2, 0.25) is 0 Å². The number of Topliss-reactive ketones (excluding diaryl/α,β-unsaturated/α-hetero) is 1. The first-order valence-electron chi connectivity index (χ1n) is 6.53. The monoisotopic (exact) mass is 265 g/mol. The summed E-state index contributed by atoms with van der Waals surface area (Å²) in [5.74, 6) is 0.410. The number of halogens is 1. The quantitative estimate of drug-likeness (QED) is 0.832. The standard InChI is InChI=1S/C15H20ClNO/c1-11-3-4-12(15(16)9-11)10-17(2)13-5-7-14(18)8-6-13/h3-4,9,13H,5-8,10H2,1-2H3. The summed E-state index contributed by atoms with van der Waals surface area (Å²) in [6.45, 7) is 2.91. The summed E-state index contributed by atoms with van der Waals surface area (Å²) in [4.78, 5) is 13.6. The summed E-state index contributed by atoms with van der Waals surface area (Å²) in [5.41, 5.74) is 2.36. The second-order valence-corrected chi connectivity index (χ2v) is 5.69. The van der Waals surface area contributed by atoms with E-state index in [1.54, 1.807) is 0 Å². The van der Waals surface area contributed by atoms with Crippen LogP contribution in [0.4, 0.5) is 0 Å². The molecule has 98 valence electrons. The molecule has 0 spiro atoms. The van der Waals surface area contributed by atoms with Gasteiger partial charge in [-0.2, -0.15) is 0 Å². The van der Waals surface area contributed by atoms with Crippen LogP contribution in [0.5, 0.6) is 0 Å². The fourth-order valence-corrected chi connectivity index (χ4v) is 2.84. The van der Waals surface area contributed by atoms with E-state index in [1.165, 1.54) is 11.1 Å². The Morgan fingerprint density at radius 2 is 2.00 bits per heavy atom. The van der Waals surface area contributed by atoms with Gasteiger partial charge >= 0.3 is 0 Å². The van der Waals surface area contributed by atoms with E-state index in [4.69, 9.17) is 11.6 Å². The molecule has 0 heterocycles. The van der Waals surface area contributed by atoms with Crippen LogP contribution in [0.3, 0.4) is 0 Å². The summed E-state index contributed by atoms with van der Waals surface area (Å²) in [5, 5.41) is 0.841. The van der Waals surface area contributed by atoms with Gasteiger partial charge in [-0.3, -0.25) is 9.69 Å². The van der Waals surface area contributed by atoms with Crippen LogP contribution in [-0.2, 0) is 11.3 Å². The fraction of sp³-hybridized carbons (Fsp3) is 0.533. The SMILES string of the molecule is Cc1ccc(CN(C)C2CCC(=O)CC2)c(Cl)c1. The Morgan fingerprint density at radius 1 is 1.33 bits per heavy atom. The molecule has 0 aliphatic heterocycles. The third-order valence-electron chi connectivity index (χ3n) is 3.76. The highest BCUT2D eigenvalue weighted by Crippen LogP contribution is 2.24. The van der Waals surface area contributed by atoms with Crippen molar-refractivity contribution in [2.75, 3.05) is 7.05 Å². The maximum Gasteiger partial charge on any atom is 0.133 e. The topological polar surface area (TPSA) is 20.3 Å². The third-order valence-corrected chi connectivity index (χ3v) is 4.12. The highest BCUT2D eigenvalue weighted by atomic mass is 35.5. The largest absolute Gasteiger partial charge is 0.300 e. The van der Waals surface area contributed by atoms with Gasteiger partial charge in [-0.25, -0.2) is 0 Å². The van der Waals surface area contributed by atoms with Crippen LogP contribution in [0.1, 0.15) is 36.8 Å². The molecule has 0 atom stereocenters. The molecule has 1 aromatic rings. The minimum absolute atomic E-state index is 0.410. The molecule has 1 aliphatic rings. The van der Waals surface area contributed by atoms with Gasteiger partial charge in [-0.15, -0.1) is 0 Å². The molecule has 2 rings (SSSR count). The van der Waals surface area contributed by atoms with Crippen molar-refractivity contribution in [3.63, 3.8) is 0 Å². The van der Waals surface area contributed by atoms with Crippen molar-refractivity contribution in [3.8, 4) is 0 Å². The summed E-state index contributed by atoms with van der Waals surface area (Å²) < 4.78 is 0. The maximum atomic E-state index is 11.2. The second kappa shape index (κ2) is 5.85. The number of nitrogens with zero attached hydrogens (tertiary/aromatic N) is 1. The average Bonchev–Trinajstić information content (AvgIpc) is 2.33. The van der Waals surface area contributed by atoms with E-state index in [2.05, 4.69) is 24.1 Å². The molecule has 1 aliphatic carbocycles. The number of hydrogen-bond acceptors (Lipinski definition) is 2. The molecule has 0 N–H and O–H groups in total. The van der Waals surface area contributed by atoms with Crippen molar-refractivity contribution in [1.29, 1.82) is 0 Å². The Bertz CT molecular complexity index is 434. The molecule has 1 saturated carbocycles. The predicted molar refractivity (Wildman–Crippen MR) is 74.9 cm³/mol. The van der Waals surface area contributed by atoms with Gasteiger partial charge in [0.1, 0.15) is 5.78 Å². The Kier molecular flexibility index (Phi) is 4.41. The Hall–Kier alpha value is -0.860. The molecule has 0 saturated heterocycles. The van der Waals surface area contributed by atoms with Crippen LogP contribution in [-0.4, -0.2) is 23.8 Å². The minimum atomic E-state index is 0.410. The zero-order chi connectivity index (χ0) is 13.1. The molecule has 3 heteroatoms. The van der Waals surface area contributed by atoms with Crippen molar-refractivity contribution in [3.05, 3.63) is 34.3 Å². The Balaban J connectivity index is 1.98. The van der Waals surface area contributed by atoms with E-state index >= 15 is 0 Å². The van der Waals surface area contributed by atoms with E-state index in [1.807, 2.05) is 13.0 Å². The van der Waals surface area contributed by atoms with Crippen molar-refractivity contribution in [2.45, 2.75) is 45.2 Å². The fourth-order valence-electron chi connectivity index (χ4n) is 2.54. The number of ketones is 1. The zero-order valence-corrected chi connectivity index (χ0v) is 11.8. The highest BCUT2D eigenvalue weighted by Gasteiger charge is 2.22. The second-order valence-electron chi connectivity index (χ2n) is 5.28. The number of rotatable bonds is 3. The number of hydrogen-bond donors (Lipinski definition) is 0. The van der Waals surface area contributed by atoms with Gasteiger partial charge in [-0.05, 0) is 44.0 Å². The molecule has 0 radical (unpaired) electrons. The molecule has 1 aromatic carbocycles. The number of aryl methyl sites for hydroxylation is 1. The first-order valence-corrected chi connectivity index (χ1v) is 6.91. The Morgan fingerprint density at radius 3 is 2.61 bits per heavy atom. The highest BCUT2D eigenvalue weighted by molar-refractivity contribution is 6.31. The minimum Gasteiger partial charge on any atom is -0.300 e. The van der Waals surface area contributed by atoms with Crippen LogP contribution >= 0.6 is 11.6 Å². The normalized spacial score (nSPS) is 17.4. The number of carbonyl (C=O) groups is 1. The van der Waals surface area contributed by atoms with Gasteiger partial charge in [0, 0.05) is 30.5 Å². The van der Waals surface area contributed by atoms with E-state index in [9.17, 15) is 4.79 Å².